The van der Waals surface area contributed by atoms with Gasteiger partial charge < -0.3 is 20.6 Å². The maximum absolute atomic E-state index is 11.6. The van der Waals surface area contributed by atoms with Crippen molar-refractivity contribution in [2.75, 3.05) is 0 Å². The van der Waals surface area contributed by atoms with E-state index in [1.165, 1.54) is 6.20 Å². The highest BCUT2D eigenvalue weighted by Gasteiger charge is 2.23. The van der Waals surface area contributed by atoms with Crippen LogP contribution in [0, 0.1) is 5.41 Å². The van der Waals surface area contributed by atoms with E-state index in [2.05, 4.69) is 9.97 Å². The molecule has 0 fully saturated rings. The van der Waals surface area contributed by atoms with E-state index < -0.39 is 17.4 Å². The summed E-state index contributed by atoms with van der Waals surface area (Å²) in [4.78, 5) is 29.0. The fourth-order valence-electron chi connectivity index (χ4n) is 1.26. The number of aromatic amines is 1. The van der Waals surface area contributed by atoms with E-state index in [0.717, 1.165) is 0 Å². The van der Waals surface area contributed by atoms with E-state index >= 15 is 0 Å². The standard InChI is InChI=1S/C12H19N3O4/c1-12(2,3)11(18)19-6-9-14-5-7(15-9)4-8(13)10(16)17/h5,8H,4,6,13H2,1-3H3,(H,14,15)(H,16,17). The van der Waals surface area contributed by atoms with Crippen LogP contribution >= 0.6 is 0 Å². The molecule has 0 aliphatic heterocycles. The Bertz CT molecular complexity index is 462. The summed E-state index contributed by atoms with van der Waals surface area (Å²) in [6, 6.07) is -0.981. The monoisotopic (exact) mass is 269 g/mol. The molecule has 1 unspecified atom stereocenters. The maximum atomic E-state index is 11.6. The molecule has 0 radical (unpaired) electrons. The highest BCUT2D eigenvalue weighted by atomic mass is 16.5. The van der Waals surface area contributed by atoms with Crippen molar-refractivity contribution in [3.63, 3.8) is 0 Å². The quantitative estimate of drug-likeness (QED) is 0.668. The number of carbonyl (C=O) groups is 2. The summed E-state index contributed by atoms with van der Waals surface area (Å²) in [5, 5.41) is 8.69. The van der Waals surface area contributed by atoms with Crippen LogP contribution in [0.1, 0.15) is 32.3 Å². The summed E-state index contributed by atoms with van der Waals surface area (Å²) >= 11 is 0. The van der Waals surface area contributed by atoms with Gasteiger partial charge in [-0.05, 0) is 20.8 Å². The maximum Gasteiger partial charge on any atom is 0.320 e. The second-order valence-corrected chi connectivity index (χ2v) is 5.33. The molecule has 0 spiro atoms. The number of carboxylic acids is 1. The topological polar surface area (TPSA) is 118 Å². The number of carbonyl (C=O) groups excluding carboxylic acids is 1. The molecule has 7 heteroatoms. The summed E-state index contributed by atoms with van der Waals surface area (Å²) in [5.74, 6) is -0.937. The van der Waals surface area contributed by atoms with Crippen LogP contribution in [-0.2, 0) is 27.4 Å². The number of H-pyrrole nitrogens is 1. The highest BCUT2D eigenvalue weighted by molar-refractivity contribution is 5.75. The fourth-order valence-corrected chi connectivity index (χ4v) is 1.26. The lowest BCUT2D eigenvalue weighted by Gasteiger charge is -2.15. The van der Waals surface area contributed by atoms with Crippen molar-refractivity contribution in [3.05, 3.63) is 17.7 Å². The van der Waals surface area contributed by atoms with Gasteiger partial charge in [0.2, 0.25) is 0 Å². The molecule has 4 N–H and O–H groups in total. The van der Waals surface area contributed by atoms with Gasteiger partial charge in [-0.2, -0.15) is 0 Å². The number of hydrogen-bond donors (Lipinski definition) is 3. The third-order valence-electron chi connectivity index (χ3n) is 2.39. The first-order chi connectivity index (χ1) is 8.70. The predicted molar refractivity (Wildman–Crippen MR) is 67.2 cm³/mol. The molecule has 1 rings (SSSR count). The number of rotatable bonds is 5. The molecule has 1 heterocycles. The number of carboxylic acid groups (broad SMARTS) is 1. The summed E-state index contributed by atoms with van der Waals surface area (Å²) in [5.41, 5.74) is 5.43. The Morgan fingerprint density at radius 1 is 1.53 bits per heavy atom. The van der Waals surface area contributed by atoms with Gasteiger partial charge in [-0.15, -0.1) is 0 Å². The van der Waals surface area contributed by atoms with E-state index in [0.29, 0.717) is 11.5 Å². The fraction of sp³-hybridized carbons (Fsp3) is 0.583. The number of aromatic nitrogens is 2. The first kappa shape index (κ1) is 15.2. The highest BCUT2D eigenvalue weighted by Crippen LogP contribution is 2.16. The molecule has 1 aromatic rings. The van der Waals surface area contributed by atoms with E-state index in [4.69, 9.17) is 15.6 Å². The van der Waals surface area contributed by atoms with Crippen molar-refractivity contribution in [1.29, 1.82) is 0 Å². The first-order valence-electron chi connectivity index (χ1n) is 5.88. The number of nitrogens with zero attached hydrogens (tertiary/aromatic N) is 1. The van der Waals surface area contributed by atoms with Crippen molar-refractivity contribution in [2.24, 2.45) is 11.1 Å². The number of nitrogens with one attached hydrogen (secondary N) is 1. The minimum Gasteiger partial charge on any atom is -0.480 e. The molecule has 0 aliphatic rings. The molecular weight excluding hydrogens is 250 g/mol. The first-order valence-corrected chi connectivity index (χ1v) is 5.88. The van der Waals surface area contributed by atoms with Gasteiger partial charge in [-0.3, -0.25) is 9.59 Å². The third-order valence-corrected chi connectivity index (χ3v) is 2.39. The lowest BCUT2D eigenvalue weighted by Crippen LogP contribution is -2.32. The van der Waals surface area contributed by atoms with Gasteiger partial charge in [0.25, 0.3) is 0 Å². The number of hydrogen-bond acceptors (Lipinski definition) is 5. The van der Waals surface area contributed by atoms with Crippen LogP contribution in [0.3, 0.4) is 0 Å². The zero-order valence-corrected chi connectivity index (χ0v) is 11.3. The zero-order valence-electron chi connectivity index (χ0n) is 11.3. The minimum absolute atomic E-state index is 0.0262. The lowest BCUT2D eigenvalue weighted by atomic mass is 9.97. The van der Waals surface area contributed by atoms with Crippen molar-refractivity contribution < 1.29 is 19.4 Å². The Labute approximate surface area is 111 Å². The van der Waals surface area contributed by atoms with Gasteiger partial charge in [-0.25, -0.2) is 4.98 Å². The number of imidazole rings is 1. The Morgan fingerprint density at radius 3 is 2.68 bits per heavy atom. The van der Waals surface area contributed by atoms with Crippen molar-refractivity contribution in [3.8, 4) is 0 Å². The van der Waals surface area contributed by atoms with Crippen LogP contribution < -0.4 is 5.73 Å². The molecule has 0 bridgehead atoms. The zero-order chi connectivity index (χ0) is 14.6. The number of ether oxygens (including phenoxy) is 1. The largest absolute Gasteiger partial charge is 0.480 e. The minimum atomic E-state index is -1.07. The normalized spacial score (nSPS) is 13.1. The Balaban J connectivity index is 2.52. The molecule has 0 aliphatic carbocycles. The van der Waals surface area contributed by atoms with Crippen LogP contribution in [0.25, 0.3) is 0 Å². The van der Waals surface area contributed by atoms with Crippen LogP contribution in [0.5, 0.6) is 0 Å². The Kier molecular flexibility index (Phi) is 4.66. The summed E-state index contributed by atoms with van der Waals surface area (Å²) in [7, 11) is 0. The van der Waals surface area contributed by atoms with E-state index in [1.807, 2.05) is 0 Å². The summed E-state index contributed by atoms with van der Waals surface area (Å²) in [6.45, 7) is 5.30. The van der Waals surface area contributed by atoms with E-state index in [-0.39, 0.29) is 19.0 Å². The van der Waals surface area contributed by atoms with Crippen LogP contribution in [0.15, 0.2) is 6.20 Å². The second-order valence-electron chi connectivity index (χ2n) is 5.33. The molecule has 19 heavy (non-hydrogen) atoms. The summed E-state index contributed by atoms with van der Waals surface area (Å²) < 4.78 is 5.08. The Hall–Kier alpha value is -1.89. The third kappa shape index (κ3) is 4.70. The van der Waals surface area contributed by atoms with Crippen molar-refractivity contribution in [2.45, 2.75) is 39.8 Å². The van der Waals surface area contributed by atoms with Gasteiger partial charge in [-0.1, -0.05) is 0 Å². The average Bonchev–Trinajstić information content (AvgIpc) is 2.72. The number of esters is 1. The van der Waals surface area contributed by atoms with Gasteiger partial charge in [0, 0.05) is 18.3 Å². The van der Waals surface area contributed by atoms with Gasteiger partial charge in [0.15, 0.2) is 0 Å². The predicted octanol–water partition coefficient (Wildman–Crippen LogP) is 0.453. The SMILES string of the molecule is CC(C)(C)C(=O)OCc1ncc(CC(N)C(=O)O)[nH]1. The van der Waals surface area contributed by atoms with Crippen LogP contribution in [-0.4, -0.2) is 33.1 Å². The molecule has 0 saturated carbocycles. The van der Waals surface area contributed by atoms with E-state index in [1.54, 1.807) is 20.8 Å². The van der Waals surface area contributed by atoms with Gasteiger partial charge >= 0.3 is 11.9 Å². The van der Waals surface area contributed by atoms with Crippen molar-refractivity contribution in [1.82, 2.24) is 9.97 Å². The average molecular weight is 269 g/mol. The van der Waals surface area contributed by atoms with Crippen LogP contribution in [0.4, 0.5) is 0 Å². The molecule has 0 saturated heterocycles. The molecule has 1 atom stereocenters. The Morgan fingerprint density at radius 2 is 2.16 bits per heavy atom. The number of nitrogens with two attached hydrogens (primary N) is 1. The lowest BCUT2D eigenvalue weighted by molar-refractivity contribution is -0.154. The van der Waals surface area contributed by atoms with Crippen LogP contribution in [0.2, 0.25) is 0 Å². The second kappa shape index (κ2) is 5.83. The van der Waals surface area contributed by atoms with Crippen molar-refractivity contribution >= 4 is 11.9 Å². The molecule has 1 aromatic heterocycles. The van der Waals surface area contributed by atoms with Gasteiger partial charge in [0.05, 0.1) is 5.41 Å². The summed E-state index contributed by atoms with van der Waals surface area (Å²) in [6.07, 6.45) is 1.64. The molecule has 0 amide bonds. The molecule has 7 nitrogen and oxygen atoms in total. The molecular formula is C12H19N3O4. The molecule has 0 aromatic carbocycles. The molecule has 106 valence electrons. The smallest absolute Gasteiger partial charge is 0.320 e. The number of aliphatic carboxylic acids is 1. The van der Waals surface area contributed by atoms with E-state index in [9.17, 15) is 9.59 Å². The van der Waals surface area contributed by atoms with Gasteiger partial charge in [0.1, 0.15) is 18.5 Å².